The molecule has 1 fully saturated rings. The fraction of sp³-hybridized carbons (Fsp3) is 0.545. The lowest BCUT2D eigenvalue weighted by Gasteiger charge is -2.10. The first-order chi connectivity index (χ1) is 7.27. The number of thiophene rings is 1. The number of carbonyl (C=O) groups excluding carboxylic acids is 1. The summed E-state index contributed by atoms with van der Waals surface area (Å²) >= 11 is 1.54. The molecule has 0 aliphatic heterocycles. The van der Waals surface area contributed by atoms with E-state index in [4.69, 9.17) is 4.84 Å². The zero-order valence-corrected chi connectivity index (χ0v) is 9.60. The standard InChI is InChI=1S/C11H15NO2S/c1-8-6-15-7-10(8)11(13)12-14-9-4-2-3-5-9/h6-7,9H,2-5H2,1H3,(H,12,13). The highest BCUT2D eigenvalue weighted by atomic mass is 32.1. The maximum atomic E-state index is 11.7. The molecule has 4 heteroatoms. The smallest absolute Gasteiger partial charge is 0.270 e. The van der Waals surface area contributed by atoms with E-state index in [0.29, 0.717) is 0 Å². The minimum atomic E-state index is -0.124. The van der Waals surface area contributed by atoms with Crippen molar-refractivity contribution in [3.8, 4) is 0 Å². The first-order valence-corrected chi connectivity index (χ1v) is 6.20. The number of aryl methyl sites for hydroxylation is 1. The molecule has 1 amide bonds. The van der Waals surface area contributed by atoms with Gasteiger partial charge in [0.1, 0.15) is 0 Å². The fourth-order valence-corrected chi connectivity index (χ4v) is 2.62. The quantitative estimate of drug-likeness (QED) is 0.803. The third-order valence-electron chi connectivity index (χ3n) is 2.72. The van der Waals surface area contributed by atoms with Crippen LogP contribution in [0.1, 0.15) is 41.6 Å². The lowest BCUT2D eigenvalue weighted by molar-refractivity contribution is -0.0125. The fourth-order valence-electron chi connectivity index (χ4n) is 1.79. The van der Waals surface area contributed by atoms with Crippen molar-refractivity contribution in [1.29, 1.82) is 0 Å². The molecule has 0 atom stereocenters. The van der Waals surface area contributed by atoms with Crippen molar-refractivity contribution in [3.63, 3.8) is 0 Å². The average Bonchev–Trinajstić information content (AvgIpc) is 2.84. The van der Waals surface area contributed by atoms with E-state index in [-0.39, 0.29) is 12.0 Å². The van der Waals surface area contributed by atoms with Gasteiger partial charge in [0.15, 0.2) is 0 Å². The molecule has 0 unspecified atom stereocenters. The molecule has 1 aliphatic rings. The molecule has 1 aromatic heterocycles. The average molecular weight is 225 g/mol. The Bertz CT molecular complexity index is 342. The Morgan fingerprint density at radius 2 is 2.20 bits per heavy atom. The first kappa shape index (κ1) is 10.6. The Labute approximate surface area is 93.4 Å². The van der Waals surface area contributed by atoms with E-state index in [1.54, 1.807) is 0 Å². The number of rotatable bonds is 3. The third-order valence-corrected chi connectivity index (χ3v) is 3.58. The topological polar surface area (TPSA) is 38.3 Å². The number of hydroxylamine groups is 1. The predicted molar refractivity (Wildman–Crippen MR) is 59.9 cm³/mol. The molecule has 1 aliphatic carbocycles. The highest BCUT2D eigenvalue weighted by Gasteiger charge is 2.17. The lowest BCUT2D eigenvalue weighted by atomic mass is 10.2. The van der Waals surface area contributed by atoms with Crippen molar-refractivity contribution in [1.82, 2.24) is 5.48 Å². The summed E-state index contributed by atoms with van der Waals surface area (Å²) in [5, 5.41) is 3.81. The minimum absolute atomic E-state index is 0.124. The van der Waals surface area contributed by atoms with Gasteiger partial charge in [-0.1, -0.05) is 12.8 Å². The summed E-state index contributed by atoms with van der Waals surface area (Å²) in [5.74, 6) is -0.124. The number of hydrogen-bond donors (Lipinski definition) is 1. The van der Waals surface area contributed by atoms with E-state index in [1.165, 1.54) is 24.2 Å². The first-order valence-electron chi connectivity index (χ1n) is 5.26. The molecule has 82 valence electrons. The molecule has 0 spiro atoms. The van der Waals surface area contributed by atoms with Gasteiger partial charge in [0.2, 0.25) is 0 Å². The SMILES string of the molecule is Cc1cscc1C(=O)NOC1CCCC1. The van der Waals surface area contributed by atoms with Gasteiger partial charge >= 0.3 is 0 Å². The normalized spacial score (nSPS) is 16.9. The monoisotopic (exact) mass is 225 g/mol. The van der Waals surface area contributed by atoms with Crippen LogP contribution in [0.4, 0.5) is 0 Å². The zero-order chi connectivity index (χ0) is 10.7. The molecule has 1 heterocycles. The number of nitrogens with one attached hydrogen (secondary N) is 1. The van der Waals surface area contributed by atoms with Gasteiger partial charge in [-0.3, -0.25) is 9.63 Å². The lowest BCUT2D eigenvalue weighted by Crippen LogP contribution is -2.28. The second-order valence-electron chi connectivity index (χ2n) is 3.92. The Hall–Kier alpha value is -0.870. The van der Waals surface area contributed by atoms with Crippen LogP contribution in [0.5, 0.6) is 0 Å². The van der Waals surface area contributed by atoms with Gasteiger partial charge in [-0.05, 0) is 30.7 Å². The highest BCUT2D eigenvalue weighted by Crippen LogP contribution is 2.20. The Kier molecular flexibility index (Phi) is 3.38. The van der Waals surface area contributed by atoms with Crippen LogP contribution >= 0.6 is 11.3 Å². The van der Waals surface area contributed by atoms with Gasteiger partial charge < -0.3 is 0 Å². The van der Waals surface area contributed by atoms with E-state index >= 15 is 0 Å². The summed E-state index contributed by atoms with van der Waals surface area (Å²) in [6.07, 6.45) is 4.75. The van der Waals surface area contributed by atoms with Crippen LogP contribution in [0.2, 0.25) is 0 Å². The summed E-state index contributed by atoms with van der Waals surface area (Å²) in [5.41, 5.74) is 4.26. The van der Waals surface area contributed by atoms with Crippen molar-refractivity contribution >= 4 is 17.2 Å². The largest absolute Gasteiger partial charge is 0.275 e. The van der Waals surface area contributed by atoms with Gasteiger partial charge in [-0.15, -0.1) is 0 Å². The molecule has 2 rings (SSSR count). The van der Waals surface area contributed by atoms with Crippen LogP contribution in [0.15, 0.2) is 10.8 Å². The van der Waals surface area contributed by atoms with Crippen LogP contribution < -0.4 is 5.48 Å². The molecule has 1 saturated carbocycles. The zero-order valence-electron chi connectivity index (χ0n) is 8.79. The van der Waals surface area contributed by atoms with Gasteiger partial charge in [-0.2, -0.15) is 11.3 Å². The van der Waals surface area contributed by atoms with E-state index in [1.807, 2.05) is 17.7 Å². The van der Waals surface area contributed by atoms with Gasteiger partial charge in [0, 0.05) is 5.38 Å². The van der Waals surface area contributed by atoms with Crippen molar-refractivity contribution in [3.05, 3.63) is 21.9 Å². The number of amides is 1. The summed E-state index contributed by atoms with van der Waals surface area (Å²) in [6, 6.07) is 0. The van der Waals surface area contributed by atoms with Crippen LogP contribution in [0.25, 0.3) is 0 Å². The molecule has 3 nitrogen and oxygen atoms in total. The summed E-state index contributed by atoms with van der Waals surface area (Å²) in [6.45, 7) is 1.93. The van der Waals surface area contributed by atoms with Crippen LogP contribution in [-0.2, 0) is 4.84 Å². The Balaban J connectivity index is 1.84. The number of carbonyl (C=O) groups is 1. The summed E-state index contributed by atoms with van der Waals surface area (Å²) < 4.78 is 0. The number of hydrogen-bond acceptors (Lipinski definition) is 3. The van der Waals surface area contributed by atoms with E-state index < -0.39 is 0 Å². The molecule has 0 aromatic carbocycles. The molecule has 0 bridgehead atoms. The second-order valence-corrected chi connectivity index (χ2v) is 4.67. The molecule has 0 saturated heterocycles. The highest BCUT2D eigenvalue weighted by molar-refractivity contribution is 7.08. The van der Waals surface area contributed by atoms with E-state index in [2.05, 4.69) is 5.48 Å². The second kappa shape index (κ2) is 4.77. The van der Waals surface area contributed by atoms with Crippen LogP contribution in [-0.4, -0.2) is 12.0 Å². The van der Waals surface area contributed by atoms with Crippen molar-refractivity contribution < 1.29 is 9.63 Å². The molecular weight excluding hydrogens is 210 g/mol. The Morgan fingerprint density at radius 1 is 1.47 bits per heavy atom. The maximum Gasteiger partial charge on any atom is 0.275 e. The van der Waals surface area contributed by atoms with E-state index in [0.717, 1.165) is 24.0 Å². The molecule has 15 heavy (non-hydrogen) atoms. The maximum absolute atomic E-state index is 11.7. The predicted octanol–water partition coefficient (Wildman–Crippen LogP) is 2.66. The summed E-state index contributed by atoms with van der Waals surface area (Å²) in [7, 11) is 0. The molecule has 0 radical (unpaired) electrons. The van der Waals surface area contributed by atoms with Crippen molar-refractivity contribution in [2.45, 2.75) is 38.7 Å². The molecular formula is C11H15NO2S. The third kappa shape index (κ3) is 2.58. The van der Waals surface area contributed by atoms with Gasteiger partial charge in [-0.25, -0.2) is 5.48 Å². The van der Waals surface area contributed by atoms with Gasteiger partial charge in [0.05, 0.1) is 11.7 Å². The van der Waals surface area contributed by atoms with Gasteiger partial charge in [0.25, 0.3) is 5.91 Å². The van der Waals surface area contributed by atoms with Crippen molar-refractivity contribution in [2.24, 2.45) is 0 Å². The molecule has 1 N–H and O–H groups in total. The summed E-state index contributed by atoms with van der Waals surface area (Å²) in [4.78, 5) is 17.0. The van der Waals surface area contributed by atoms with Crippen molar-refractivity contribution in [2.75, 3.05) is 0 Å². The minimum Gasteiger partial charge on any atom is -0.270 e. The molecule has 1 aromatic rings. The van der Waals surface area contributed by atoms with E-state index in [9.17, 15) is 4.79 Å². The van der Waals surface area contributed by atoms with Crippen LogP contribution in [0, 0.1) is 6.92 Å². The van der Waals surface area contributed by atoms with Crippen LogP contribution in [0.3, 0.4) is 0 Å². The Morgan fingerprint density at radius 3 is 2.80 bits per heavy atom.